The van der Waals surface area contributed by atoms with Crippen molar-refractivity contribution >= 4 is 21.6 Å². The summed E-state index contributed by atoms with van der Waals surface area (Å²) in [6, 6.07) is 6.55. The number of nitrogens with zero attached hydrogens (tertiary/aromatic N) is 1. The van der Waals surface area contributed by atoms with Crippen molar-refractivity contribution in [2.75, 3.05) is 58.2 Å². The fraction of sp³-hybridized carbons (Fsp3) is 0.632. The maximum Gasteiger partial charge on any atom is 0.279 e. The first-order chi connectivity index (χ1) is 12.8. The third kappa shape index (κ3) is 5.28. The molecule has 1 amide bonds. The van der Waals surface area contributed by atoms with E-state index < -0.39 is 10.0 Å². The Balaban J connectivity index is 1.57. The van der Waals surface area contributed by atoms with Crippen molar-refractivity contribution in [2.24, 2.45) is 5.92 Å². The van der Waals surface area contributed by atoms with E-state index in [0.717, 1.165) is 39.0 Å². The van der Waals surface area contributed by atoms with Crippen molar-refractivity contribution < 1.29 is 23.0 Å². The normalized spacial score (nSPS) is 27.3. The highest BCUT2D eigenvalue weighted by Gasteiger charge is 2.28. The zero-order valence-electron chi connectivity index (χ0n) is 16.3. The minimum atomic E-state index is -3.45. The number of hydrogen-bond acceptors (Lipinski definition) is 3. The van der Waals surface area contributed by atoms with Gasteiger partial charge in [0.25, 0.3) is 5.91 Å². The monoisotopic (exact) mass is 396 g/mol. The highest BCUT2D eigenvalue weighted by atomic mass is 32.2. The molecule has 0 unspecified atom stereocenters. The van der Waals surface area contributed by atoms with Crippen LogP contribution in [0, 0.1) is 5.92 Å². The lowest BCUT2D eigenvalue weighted by Crippen LogP contribution is -3.27. The first-order valence-corrected chi connectivity index (χ1v) is 11.3. The van der Waals surface area contributed by atoms with E-state index in [1.165, 1.54) is 9.80 Å². The van der Waals surface area contributed by atoms with Gasteiger partial charge in [-0.15, -0.1) is 0 Å². The number of piperidine rings is 1. The van der Waals surface area contributed by atoms with Crippen molar-refractivity contribution in [3.8, 4) is 0 Å². The van der Waals surface area contributed by atoms with Crippen LogP contribution in [0.25, 0.3) is 0 Å². The number of amides is 1. The number of hydrogen-bond donors (Lipinski definition) is 3. The number of nitrogens with one attached hydrogen (secondary N) is 3. The molecule has 3 N–H and O–H groups in total. The van der Waals surface area contributed by atoms with Crippen LogP contribution in [0.4, 0.5) is 5.69 Å². The summed E-state index contributed by atoms with van der Waals surface area (Å²) in [4.78, 5) is 15.4. The SMILES string of the molecule is C[C@@H]1CCCN(S(=O)(=O)c2ccc(NC(=O)C[NH+]3CC[NH+](C)CC3)cc2)C1. The molecule has 2 aliphatic heterocycles. The van der Waals surface area contributed by atoms with Gasteiger partial charge in [0.05, 0.1) is 11.9 Å². The van der Waals surface area contributed by atoms with Gasteiger partial charge in [0.2, 0.25) is 10.0 Å². The smallest absolute Gasteiger partial charge is 0.279 e. The van der Waals surface area contributed by atoms with Crippen LogP contribution in [0.3, 0.4) is 0 Å². The van der Waals surface area contributed by atoms with Gasteiger partial charge < -0.3 is 15.1 Å². The molecule has 2 fully saturated rings. The molecule has 3 rings (SSSR count). The maximum atomic E-state index is 12.8. The van der Waals surface area contributed by atoms with E-state index in [4.69, 9.17) is 0 Å². The van der Waals surface area contributed by atoms with Gasteiger partial charge in [0.15, 0.2) is 6.54 Å². The lowest BCUT2D eigenvalue weighted by molar-refractivity contribution is -0.999. The van der Waals surface area contributed by atoms with E-state index >= 15 is 0 Å². The van der Waals surface area contributed by atoms with Crippen molar-refractivity contribution in [3.05, 3.63) is 24.3 Å². The fourth-order valence-corrected chi connectivity index (χ4v) is 5.46. The Labute approximate surface area is 162 Å². The van der Waals surface area contributed by atoms with Gasteiger partial charge in [-0.2, -0.15) is 4.31 Å². The number of sulfonamides is 1. The number of quaternary nitrogens is 2. The molecule has 8 heteroatoms. The second kappa shape index (κ2) is 8.68. The van der Waals surface area contributed by atoms with Crippen molar-refractivity contribution in [1.82, 2.24) is 4.31 Å². The van der Waals surface area contributed by atoms with Crippen molar-refractivity contribution in [1.29, 1.82) is 0 Å². The summed E-state index contributed by atoms with van der Waals surface area (Å²) >= 11 is 0. The fourth-order valence-electron chi connectivity index (χ4n) is 3.86. The molecule has 0 radical (unpaired) electrons. The van der Waals surface area contributed by atoms with E-state index in [1.807, 2.05) is 0 Å². The topological polar surface area (TPSA) is 75.4 Å². The quantitative estimate of drug-likeness (QED) is 0.565. The predicted octanol–water partition coefficient (Wildman–Crippen LogP) is -1.54. The molecule has 2 heterocycles. The molecule has 0 aromatic heterocycles. The van der Waals surface area contributed by atoms with Gasteiger partial charge in [0, 0.05) is 18.8 Å². The zero-order valence-corrected chi connectivity index (χ0v) is 17.1. The summed E-state index contributed by atoms with van der Waals surface area (Å²) in [5.41, 5.74) is 0.644. The van der Waals surface area contributed by atoms with Crippen LogP contribution >= 0.6 is 0 Å². The summed E-state index contributed by atoms with van der Waals surface area (Å²) in [5.74, 6) is 0.371. The number of piperazine rings is 1. The molecule has 27 heavy (non-hydrogen) atoms. The summed E-state index contributed by atoms with van der Waals surface area (Å²) < 4.78 is 27.2. The Hall–Kier alpha value is -1.48. The molecular formula is C19H32N4O3S+2. The minimum absolute atomic E-state index is 0.0231. The third-order valence-electron chi connectivity index (χ3n) is 5.62. The van der Waals surface area contributed by atoms with Gasteiger partial charge in [-0.05, 0) is 43.0 Å². The molecule has 0 aliphatic carbocycles. The lowest BCUT2D eigenvalue weighted by atomic mass is 10.0. The van der Waals surface area contributed by atoms with Gasteiger partial charge in [-0.25, -0.2) is 8.42 Å². The van der Waals surface area contributed by atoms with E-state index in [0.29, 0.717) is 36.1 Å². The average molecular weight is 397 g/mol. The van der Waals surface area contributed by atoms with Crippen LogP contribution < -0.4 is 15.1 Å². The Bertz CT molecular complexity index is 743. The number of anilines is 1. The molecule has 0 spiro atoms. The minimum Gasteiger partial charge on any atom is -0.328 e. The second-order valence-electron chi connectivity index (χ2n) is 8.07. The van der Waals surface area contributed by atoms with Crippen LogP contribution in [0.5, 0.6) is 0 Å². The zero-order chi connectivity index (χ0) is 19.4. The van der Waals surface area contributed by atoms with E-state index in [-0.39, 0.29) is 5.91 Å². The second-order valence-corrected chi connectivity index (χ2v) is 10.0. The van der Waals surface area contributed by atoms with E-state index in [1.54, 1.807) is 28.6 Å². The van der Waals surface area contributed by atoms with Crippen molar-refractivity contribution in [2.45, 2.75) is 24.7 Å². The number of rotatable bonds is 5. The Morgan fingerprint density at radius 2 is 1.85 bits per heavy atom. The maximum absolute atomic E-state index is 12.8. The molecule has 2 aliphatic rings. The molecule has 0 bridgehead atoms. The average Bonchev–Trinajstić information content (AvgIpc) is 2.64. The van der Waals surface area contributed by atoms with Crippen LogP contribution in [0.15, 0.2) is 29.2 Å². The van der Waals surface area contributed by atoms with E-state index in [9.17, 15) is 13.2 Å². The standard InChI is InChI=1S/C19H30N4O3S/c1-16-4-3-9-23(14-16)27(25,26)18-7-5-17(6-8-18)20-19(24)15-22-12-10-21(2)11-13-22/h5-8,16H,3-4,9-15H2,1-2H3,(H,20,24)/p+2/t16-/m1/s1. The summed E-state index contributed by atoms with van der Waals surface area (Å²) in [5, 5.41) is 2.89. The first kappa shape index (κ1) is 20.3. The number of carbonyl (C=O) groups excluding carboxylic acids is 1. The number of benzene rings is 1. The summed E-state index contributed by atoms with van der Waals surface area (Å²) in [6.45, 7) is 7.89. The summed E-state index contributed by atoms with van der Waals surface area (Å²) in [7, 11) is -1.28. The van der Waals surface area contributed by atoms with Crippen LogP contribution in [0.2, 0.25) is 0 Å². The molecule has 0 saturated carbocycles. The highest BCUT2D eigenvalue weighted by molar-refractivity contribution is 7.89. The van der Waals surface area contributed by atoms with Gasteiger partial charge in [-0.3, -0.25) is 4.79 Å². The molecular weight excluding hydrogens is 364 g/mol. The van der Waals surface area contributed by atoms with E-state index in [2.05, 4.69) is 19.3 Å². The molecule has 7 nitrogen and oxygen atoms in total. The van der Waals surface area contributed by atoms with Crippen LogP contribution in [0.1, 0.15) is 19.8 Å². The summed E-state index contributed by atoms with van der Waals surface area (Å²) in [6.07, 6.45) is 1.98. The van der Waals surface area contributed by atoms with Gasteiger partial charge in [-0.1, -0.05) is 6.92 Å². The first-order valence-electron chi connectivity index (χ1n) is 9.89. The molecule has 150 valence electrons. The molecule has 1 aromatic rings. The van der Waals surface area contributed by atoms with Crippen LogP contribution in [-0.4, -0.2) is 71.5 Å². The number of carbonyl (C=O) groups is 1. The molecule has 1 aromatic carbocycles. The Morgan fingerprint density at radius 3 is 2.48 bits per heavy atom. The van der Waals surface area contributed by atoms with Crippen LogP contribution in [-0.2, 0) is 14.8 Å². The Kier molecular flexibility index (Phi) is 6.52. The number of likely N-dealkylation sites (N-methyl/N-ethyl adjacent to an activating group) is 1. The van der Waals surface area contributed by atoms with Gasteiger partial charge >= 0.3 is 0 Å². The molecule has 2 saturated heterocycles. The lowest BCUT2D eigenvalue weighted by Gasteiger charge is -2.30. The third-order valence-corrected chi connectivity index (χ3v) is 7.50. The highest BCUT2D eigenvalue weighted by Crippen LogP contribution is 2.24. The predicted molar refractivity (Wildman–Crippen MR) is 104 cm³/mol. The van der Waals surface area contributed by atoms with Gasteiger partial charge in [0.1, 0.15) is 26.2 Å². The Morgan fingerprint density at radius 1 is 1.19 bits per heavy atom. The largest absolute Gasteiger partial charge is 0.328 e. The van der Waals surface area contributed by atoms with Crippen molar-refractivity contribution in [3.63, 3.8) is 0 Å². The molecule has 1 atom stereocenters.